The summed E-state index contributed by atoms with van der Waals surface area (Å²) in [5.41, 5.74) is 2.88. The lowest BCUT2D eigenvalue weighted by Gasteiger charge is -2.20. The molecule has 0 aliphatic rings. The number of para-hydroxylation sites is 1. The normalized spacial score (nSPS) is 10.9. The van der Waals surface area contributed by atoms with Gasteiger partial charge in [0.2, 0.25) is 0 Å². The molecule has 0 radical (unpaired) electrons. The smallest absolute Gasteiger partial charge is 0.162 e. The lowest BCUT2D eigenvalue weighted by molar-refractivity contribution is 0.859. The molecule has 4 rings (SSSR count). The lowest BCUT2D eigenvalue weighted by atomic mass is 10.2. The molecule has 0 saturated heterocycles. The van der Waals surface area contributed by atoms with Crippen molar-refractivity contribution in [2.45, 2.75) is 6.54 Å². The Labute approximate surface area is 143 Å². The number of hydrogen-bond acceptors (Lipinski definition) is 6. The van der Waals surface area contributed by atoms with Crippen LogP contribution in [0.5, 0.6) is 0 Å². The minimum atomic E-state index is 0.637. The van der Waals surface area contributed by atoms with Crippen molar-refractivity contribution < 1.29 is 0 Å². The fraction of sp³-hybridized carbons (Fsp3) is 0.111. The van der Waals surface area contributed by atoms with Gasteiger partial charge in [0.15, 0.2) is 5.82 Å². The molecule has 0 atom stereocenters. The summed E-state index contributed by atoms with van der Waals surface area (Å²) < 4.78 is 0. The number of thiophene rings is 1. The Morgan fingerprint density at radius 3 is 2.79 bits per heavy atom. The van der Waals surface area contributed by atoms with E-state index in [0.29, 0.717) is 6.54 Å². The Kier molecular flexibility index (Phi) is 3.88. The van der Waals surface area contributed by atoms with Crippen LogP contribution in [-0.4, -0.2) is 27.0 Å². The van der Waals surface area contributed by atoms with Gasteiger partial charge in [0.1, 0.15) is 5.82 Å². The maximum Gasteiger partial charge on any atom is 0.162 e. The number of rotatable bonds is 4. The van der Waals surface area contributed by atoms with Gasteiger partial charge in [0, 0.05) is 35.8 Å². The van der Waals surface area contributed by atoms with Crippen molar-refractivity contribution in [1.82, 2.24) is 19.9 Å². The van der Waals surface area contributed by atoms with E-state index in [-0.39, 0.29) is 0 Å². The summed E-state index contributed by atoms with van der Waals surface area (Å²) in [6.45, 7) is 0.637. The Balaban J connectivity index is 1.80. The summed E-state index contributed by atoms with van der Waals surface area (Å²) in [6, 6.07) is 10.1. The largest absolute Gasteiger partial charge is 0.353 e. The van der Waals surface area contributed by atoms with E-state index >= 15 is 0 Å². The monoisotopic (exact) mass is 333 g/mol. The molecule has 4 aromatic rings. The fourth-order valence-electron chi connectivity index (χ4n) is 2.60. The average Bonchev–Trinajstić information content (AvgIpc) is 3.16. The van der Waals surface area contributed by atoms with Gasteiger partial charge in [-0.15, -0.1) is 0 Å². The van der Waals surface area contributed by atoms with Crippen LogP contribution in [0.15, 0.2) is 59.7 Å². The maximum absolute atomic E-state index is 4.81. The van der Waals surface area contributed by atoms with Crippen LogP contribution < -0.4 is 4.90 Å². The zero-order valence-electron chi connectivity index (χ0n) is 13.1. The number of fused-ring (bicyclic) bond motifs is 1. The molecular formula is C18H15N5S. The van der Waals surface area contributed by atoms with Crippen LogP contribution in [0.4, 0.5) is 5.82 Å². The molecule has 3 aromatic heterocycles. The average molecular weight is 333 g/mol. The molecule has 0 amide bonds. The second-order valence-corrected chi connectivity index (χ2v) is 6.23. The first-order valence-electron chi connectivity index (χ1n) is 7.56. The van der Waals surface area contributed by atoms with Gasteiger partial charge in [0.05, 0.1) is 24.0 Å². The lowest BCUT2D eigenvalue weighted by Crippen LogP contribution is -2.19. The molecule has 0 fully saturated rings. The molecule has 6 heteroatoms. The summed E-state index contributed by atoms with van der Waals surface area (Å²) in [5.74, 6) is 1.64. The third-order valence-electron chi connectivity index (χ3n) is 3.74. The highest BCUT2D eigenvalue weighted by atomic mass is 32.1. The molecule has 0 spiro atoms. The van der Waals surface area contributed by atoms with Gasteiger partial charge in [-0.1, -0.05) is 12.1 Å². The van der Waals surface area contributed by atoms with Crippen LogP contribution in [0, 0.1) is 0 Å². The van der Waals surface area contributed by atoms with Gasteiger partial charge in [-0.3, -0.25) is 9.97 Å². The number of nitrogens with zero attached hydrogens (tertiary/aromatic N) is 5. The van der Waals surface area contributed by atoms with Crippen molar-refractivity contribution in [2.75, 3.05) is 11.9 Å². The van der Waals surface area contributed by atoms with Gasteiger partial charge in [-0.25, -0.2) is 9.97 Å². The van der Waals surface area contributed by atoms with E-state index in [4.69, 9.17) is 9.97 Å². The van der Waals surface area contributed by atoms with Crippen molar-refractivity contribution in [1.29, 1.82) is 0 Å². The third-order valence-corrected chi connectivity index (χ3v) is 4.42. The minimum Gasteiger partial charge on any atom is -0.353 e. The standard InChI is InChI=1S/C18H15N5S/c1-23(11-14-10-19-7-8-20-14)18-15-4-2-3-5-16(15)21-17(22-18)13-6-9-24-12-13/h2-10,12H,11H2,1H3. The summed E-state index contributed by atoms with van der Waals surface area (Å²) in [6.07, 6.45) is 5.16. The summed E-state index contributed by atoms with van der Waals surface area (Å²) >= 11 is 1.64. The highest BCUT2D eigenvalue weighted by Gasteiger charge is 2.13. The Hall–Kier alpha value is -2.86. The molecular weight excluding hydrogens is 318 g/mol. The van der Waals surface area contributed by atoms with Crippen molar-refractivity contribution in [3.63, 3.8) is 0 Å². The van der Waals surface area contributed by atoms with Crippen molar-refractivity contribution >= 4 is 28.1 Å². The van der Waals surface area contributed by atoms with E-state index in [0.717, 1.165) is 33.8 Å². The zero-order valence-corrected chi connectivity index (χ0v) is 13.9. The molecule has 0 N–H and O–H groups in total. The summed E-state index contributed by atoms with van der Waals surface area (Å²) in [7, 11) is 2.01. The molecule has 0 saturated carbocycles. The molecule has 0 unspecified atom stereocenters. The van der Waals surface area contributed by atoms with E-state index in [9.17, 15) is 0 Å². The van der Waals surface area contributed by atoms with Gasteiger partial charge in [-0.2, -0.15) is 11.3 Å². The Bertz CT molecular complexity index is 954. The number of aromatic nitrogens is 4. The predicted molar refractivity (Wildman–Crippen MR) is 97.0 cm³/mol. The summed E-state index contributed by atoms with van der Waals surface area (Å²) in [4.78, 5) is 20.1. The molecule has 0 aliphatic carbocycles. The molecule has 1 aromatic carbocycles. The third kappa shape index (κ3) is 2.83. The van der Waals surface area contributed by atoms with E-state index in [1.807, 2.05) is 36.7 Å². The van der Waals surface area contributed by atoms with Crippen molar-refractivity contribution in [3.8, 4) is 11.4 Å². The minimum absolute atomic E-state index is 0.637. The van der Waals surface area contributed by atoms with E-state index < -0.39 is 0 Å². The number of anilines is 1. The van der Waals surface area contributed by atoms with Gasteiger partial charge < -0.3 is 4.90 Å². The van der Waals surface area contributed by atoms with Gasteiger partial charge >= 0.3 is 0 Å². The second kappa shape index (κ2) is 6.33. The van der Waals surface area contributed by atoms with Crippen LogP contribution in [0.1, 0.15) is 5.69 Å². The van der Waals surface area contributed by atoms with Crippen LogP contribution in [0.2, 0.25) is 0 Å². The first-order chi connectivity index (χ1) is 11.8. The van der Waals surface area contributed by atoms with Crippen LogP contribution in [0.3, 0.4) is 0 Å². The van der Waals surface area contributed by atoms with Crippen LogP contribution in [-0.2, 0) is 6.54 Å². The number of benzene rings is 1. The van der Waals surface area contributed by atoms with Gasteiger partial charge in [0.25, 0.3) is 0 Å². The van der Waals surface area contributed by atoms with E-state index in [1.165, 1.54) is 0 Å². The molecule has 118 valence electrons. The van der Waals surface area contributed by atoms with Crippen LogP contribution in [0.25, 0.3) is 22.3 Å². The Morgan fingerprint density at radius 1 is 1.08 bits per heavy atom. The molecule has 24 heavy (non-hydrogen) atoms. The van der Waals surface area contributed by atoms with Gasteiger partial charge in [-0.05, 0) is 23.6 Å². The van der Waals surface area contributed by atoms with Crippen molar-refractivity contribution in [2.24, 2.45) is 0 Å². The van der Waals surface area contributed by atoms with E-state index in [2.05, 4.69) is 26.3 Å². The molecule has 0 bridgehead atoms. The summed E-state index contributed by atoms with van der Waals surface area (Å²) in [5, 5.41) is 5.13. The predicted octanol–water partition coefficient (Wildman–Crippen LogP) is 3.78. The molecule has 0 aliphatic heterocycles. The first-order valence-corrected chi connectivity index (χ1v) is 8.51. The quantitative estimate of drug-likeness (QED) is 0.569. The van der Waals surface area contributed by atoms with Crippen molar-refractivity contribution in [3.05, 3.63) is 65.4 Å². The van der Waals surface area contributed by atoms with Crippen LogP contribution >= 0.6 is 11.3 Å². The highest BCUT2D eigenvalue weighted by molar-refractivity contribution is 7.08. The molecule has 3 heterocycles. The zero-order chi connectivity index (χ0) is 16.4. The second-order valence-electron chi connectivity index (χ2n) is 5.45. The highest BCUT2D eigenvalue weighted by Crippen LogP contribution is 2.28. The topological polar surface area (TPSA) is 54.8 Å². The molecule has 5 nitrogen and oxygen atoms in total. The Morgan fingerprint density at radius 2 is 2.00 bits per heavy atom. The first kappa shape index (κ1) is 14.7. The maximum atomic E-state index is 4.81. The SMILES string of the molecule is CN(Cc1cnccn1)c1nc(-c2ccsc2)nc2ccccc12. The van der Waals surface area contributed by atoms with E-state index in [1.54, 1.807) is 29.9 Å². The number of hydrogen-bond donors (Lipinski definition) is 0. The fourth-order valence-corrected chi connectivity index (χ4v) is 3.24.